The first-order valence-corrected chi connectivity index (χ1v) is 10.6. The zero-order valence-corrected chi connectivity index (χ0v) is 15.3. The molecule has 2 aromatic heterocycles. The third-order valence-electron chi connectivity index (χ3n) is 1.38. The first-order chi connectivity index (χ1) is 10.3. The van der Waals surface area contributed by atoms with Crippen molar-refractivity contribution in [3.05, 3.63) is 67.8 Å². The van der Waals surface area contributed by atoms with Crippen LogP contribution in [0.4, 0.5) is 0 Å². The number of rotatable bonds is 0. The van der Waals surface area contributed by atoms with Crippen molar-refractivity contribution in [1.29, 1.82) is 0 Å². The molecule has 0 aliphatic rings. The van der Waals surface area contributed by atoms with Gasteiger partial charge in [0.2, 0.25) is 0 Å². The summed E-state index contributed by atoms with van der Waals surface area (Å²) in [5.41, 5.74) is 0. The predicted octanol–water partition coefficient (Wildman–Crippen LogP) is 4.53. The minimum absolute atomic E-state index is 0.586. The fraction of sp³-hybridized carbons (Fsp3) is 0.133. The van der Waals surface area contributed by atoms with Gasteiger partial charge in [0, 0.05) is 24.8 Å². The van der Waals surface area contributed by atoms with Crippen molar-refractivity contribution in [1.82, 2.24) is 9.97 Å². The molecule has 0 aliphatic heterocycles. The zero-order chi connectivity index (χ0) is 16.6. The maximum atomic E-state index is 7.50. The van der Waals surface area contributed by atoms with Crippen molar-refractivity contribution in [2.24, 2.45) is 0 Å². The van der Waals surface area contributed by atoms with Gasteiger partial charge in [-0.05, 0) is 38.1 Å². The monoisotopic (exact) mass is 408 g/mol. The van der Waals surface area contributed by atoms with Crippen LogP contribution < -0.4 is 0 Å². The number of halogens is 2. The standard InChI is InChI=1S/2C5H5N.C4H6.CO.2ClH.Mo/c2*1-2-4-6-5-3-1;1-3-4-2;1-2;;;/h2*1-5H;1-2H3;;2*1H;/q;;;;;;+2/p-2. The maximum absolute atomic E-state index is 7.50. The van der Waals surface area contributed by atoms with Gasteiger partial charge in [0.05, 0.1) is 0 Å². The molecule has 0 saturated heterocycles. The average molecular weight is 407 g/mol. The Morgan fingerprint density at radius 1 is 0.762 bits per heavy atom. The van der Waals surface area contributed by atoms with E-state index in [4.69, 9.17) is 23.5 Å². The number of pyridine rings is 2. The molecule has 0 atom stereocenters. The molecular formula is C15H16Cl2MoN2O. The molecule has 0 unspecified atom stereocenters. The molecule has 0 radical (unpaired) electrons. The van der Waals surface area contributed by atoms with Crippen molar-refractivity contribution in [3.8, 4) is 11.8 Å². The van der Waals surface area contributed by atoms with Crippen molar-refractivity contribution in [3.63, 3.8) is 0 Å². The Kier molecular flexibility index (Phi) is 37.1. The Bertz CT molecular complexity index is 354. The Balaban J connectivity index is -0.000000205. The molecule has 2 aromatic rings. The van der Waals surface area contributed by atoms with Crippen LogP contribution in [0.5, 0.6) is 0 Å². The fourth-order valence-electron chi connectivity index (χ4n) is 0.625. The summed E-state index contributed by atoms with van der Waals surface area (Å²) in [5, 5.41) is 0. The second-order valence-electron chi connectivity index (χ2n) is 2.61. The van der Waals surface area contributed by atoms with Crippen LogP contribution in [-0.2, 0) is 21.1 Å². The van der Waals surface area contributed by atoms with Crippen LogP contribution in [0.15, 0.2) is 61.2 Å². The summed E-state index contributed by atoms with van der Waals surface area (Å²) in [5.74, 6) is 5.36. The van der Waals surface area contributed by atoms with Gasteiger partial charge in [0.1, 0.15) is 0 Å². The summed E-state index contributed by atoms with van der Waals surface area (Å²) in [6.07, 6.45) is 7.00. The summed E-state index contributed by atoms with van der Waals surface area (Å²) < 4.78 is 7.50. The van der Waals surface area contributed by atoms with E-state index in [0.29, 0.717) is 0 Å². The van der Waals surface area contributed by atoms with E-state index in [-0.39, 0.29) is 0 Å². The molecule has 112 valence electrons. The molecule has 0 spiro atoms. The molecule has 6 heteroatoms. The summed E-state index contributed by atoms with van der Waals surface area (Å²) >= 11 is -0.586. The molecule has 0 N–H and O–H groups in total. The van der Waals surface area contributed by atoms with Crippen molar-refractivity contribution >= 4 is 18.8 Å². The zero-order valence-electron chi connectivity index (χ0n) is 11.7. The third kappa shape index (κ3) is 38.1. The molecule has 2 rings (SSSR count). The predicted molar refractivity (Wildman–Crippen MR) is 83.2 cm³/mol. The second-order valence-corrected chi connectivity index (χ2v) is 5.65. The van der Waals surface area contributed by atoms with Gasteiger partial charge < -0.3 is 0 Å². The van der Waals surface area contributed by atoms with Gasteiger partial charge in [0.15, 0.2) is 0 Å². The van der Waals surface area contributed by atoms with E-state index in [1.54, 1.807) is 24.8 Å². The van der Waals surface area contributed by atoms with Crippen LogP contribution in [0.25, 0.3) is 0 Å². The van der Waals surface area contributed by atoms with E-state index in [2.05, 4.69) is 28.5 Å². The molecule has 21 heavy (non-hydrogen) atoms. The number of nitrogens with zero attached hydrogens (tertiary/aromatic N) is 2. The SMILES string of the molecule is CC#CC.[C-]#[O+].[Cl][Mo][Cl].c1ccncc1.c1ccncc1. The quantitative estimate of drug-likeness (QED) is 0.279. The summed E-state index contributed by atoms with van der Waals surface area (Å²) in [6, 6.07) is 11.4. The van der Waals surface area contributed by atoms with Crippen LogP contribution in [-0.4, -0.2) is 9.97 Å². The Morgan fingerprint density at radius 3 is 1.05 bits per heavy atom. The van der Waals surface area contributed by atoms with Gasteiger partial charge >= 0.3 is 46.6 Å². The van der Waals surface area contributed by atoms with Crippen LogP contribution in [0.2, 0.25) is 0 Å². The minimum Gasteiger partial charge on any atom is -0.265 e. The maximum Gasteiger partial charge on any atom is 0.0267 e. The number of aromatic nitrogens is 2. The first-order valence-electron chi connectivity index (χ1n) is 5.46. The molecule has 0 aromatic carbocycles. The van der Waals surface area contributed by atoms with E-state index in [1.807, 2.05) is 50.2 Å². The van der Waals surface area contributed by atoms with Gasteiger partial charge in [-0.3, -0.25) is 9.97 Å². The molecule has 0 saturated carbocycles. The van der Waals surface area contributed by atoms with Crippen molar-refractivity contribution in [2.75, 3.05) is 0 Å². The van der Waals surface area contributed by atoms with Gasteiger partial charge in [-0.15, -0.1) is 11.8 Å². The molecule has 0 fully saturated rings. The minimum atomic E-state index is -0.586. The summed E-state index contributed by atoms with van der Waals surface area (Å²) in [4.78, 5) is 7.57. The molecule has 2 heterocycles. The molecule has 0 amide bonds. The van der Waals surface area contributed by atoms with Gasteiger partial charge in [-0.1, -0.05) is 12.1 Å². The van der Waals surface area contributed by atoms with E-state index in [1.165, 1.54) is 0 Å². The normalized spacial score (nSPS) is 6.19. The van der Waals surface area contributed by atoms with Crippen LogP contribution >= 0.6 is 18.8 Å². The molecule has 0 bridgehead atoms. The van der Waals surface area contributed by atoms with E-state index in [9.17, 15) is 0 Å². The van der Waals surface area contributed by atoms with Crippen molar-refractivity contribution in [2.45, 2.75) is 13.8 Å². The molecule has 3 nitrogen and oxygen atoms in total. The second kappa shape index (κ2) is 31.3. The van der Waals surface area contributed by atoms with Gasteiger partial charge in [0.25, 0.3) is 0 Å². The topological polar surface area (TPSA) is 45.7 Å². The third-order valence-corrected chi connectivity index (χ3v) is 1.38. The average Bonchev–Trinajstić information content (AvgIpc) is 2.61. The van der Waals surface area contributed by atoms with E-state index < -0.39 is 16.5 Å². The Hall–Kier alpha value is -1.13. The summed E-state index contributed by atoms with van der Waals surface area (Å²) in [7, 11) is 9.79. The smallest absolute Gasteiger partial charge is 0.0267 e. The van der Waals surface area contributed by atoms with E-state index in [0.717, 1.165) is 0 Å². The molecule has 0 aliphatic carbocycles. The molecular weight excluding hydrogens is 391 g/mol. The van der Waals surface area contributed by atoms with Crippen LogP contribution in [0.3, 0.4) is 0 Å². The van der Waals surface area contributed by atoms with Gasteiger partial charge in [-0.2, -0.15) is 0 Å². The van der Waals surface area contributed by atoms with Gasteiger partial charge in [-0.25, -0.2) is 0 Å². The fourth-order valence-corrected chi connectivity index (χ4v) is 0.625. The first kappa shape index (κ1) is 24.9. The van der Waals surface area contributed by atoms with Crippen molar-refractivity contribution < 1.29 is 21.1 Å². The van der Waals surface area contributed by atoms with E-state index >= 15 is 0 Å². The number of hydrogen-bond acceptors (Lipinski definition) is 2. The van der Waals surface area contributed by atoms with Crippen LogP contribution in [0, 0.1) is 18.5 Å². The number of hydrogen-bond donors (Lipinski definition) is 0. The van der Waals surface area contributed by atoms with Crippen LogP contribution in [0.1, 0.15) is 13.8 Å². The Morgan fingerprint density at radius 2 is 1.00 bits per heavy atom. The Labute approximate surface area is 143 Å². The largest absolute Gasteiger partial charge is 0.265 e. The summed E-state index contributed by atoms with van der Waals surface area (Å²) in [6.45, 7) is 8.14.